The van der Waals surface area contributed by atoms with Crippen molar-refractivity contribution < 1.29 is 9.90 Å². The molecule has 2 unspecified atom stereocenters. The number of aliphatic hydroxyl groups is 1. The van der Waals surface area contributed by atoms with Gasteiger partial charge in [0.05, 0.1) is 11.6 Å². The average Bonchev–Trinajstić information content (AvgIpc) is 2.13. The van der Waals surface area contributed by atoms with Gasteiger partial charge in [0.25, 0.3) is 0 Å². The van der Waals surface area contributed by atoms with Gasteiger partial charge >= 0.3 is 0 Å². The van der Waals surface area contributed by atoms with Crippen LogP contribution in [0, 0.1) is 0 Å². The van der Waals surface area contributed by atoms with Crippen molar-refractivity contribution in [1.29, 1.82) is 0 Å². The summed E-state index contributed by atoms with van der Waals surface area (Å²) in [6.45, 7) is 3.95. The summed E-state index contributed by atoms with van der Waals surface area (Å²) in [5.41, 5.74) is -0.762. The molecule has 0 aromatic heterocycles. The molecular weight excluding hydrogens is 200 g/mol. The lowest BCUT2D eigenvalue weighted by molar-refractivity contribution is -0.122. The minimum absolute atomic E-state index is 0.0649. The first-order valence-electron chi connectivity index (χ1n) is 4.59. The molecule has 0 saturated carbocycles. The molecule has 84 valence electrons. The van der Waals surface area contributed by atoms with Gasteiger partial charge in [-0.2, -0.15) is 11.8 Å². The van der Waals surface area contributed by atoms with E-state index < -0.39 is 5.60 Å². The van der Waals surface area contributed by atoms with E-state index in [1.54, 1.807) is 32.7 Å². The quantitative estimate of drug-likeness (QED) is 0.581. The van der Waals surface area contributed by atoms with Gasteiger partial charge < -0.3 is 15.7 Å². The molecule has 0 bridgehead atoms. The van der Waals surface area contributed by atoms with Crippen LogP contribution in [0.4, 0.5) is 0 Å². The maximum absolute atomic E-state index is 11.1. The fraction of sp³-hybridized carbons (Fsp3) is 0.889. The van der Waals surface area contributed by atoms with Crippen molar-refractivity contribution in [2.24, 2.45) is 0 Å². The first-order chi connectivity index (χ1) is 6.43. The van der Waals surface area contributed by atoms with E-state index in [2.05, 4.69) is 10.6 Å². The third kappa shape index (κ3) is 5.47. The molecule has 14 heavy (non-hydrogen) atoms. The number of nitrogens with one attached hydrogen (secondary N) is 2. The maximum atomic E-state index is 11.1. The topological polar surface area (TPSA) is 61.4 Å². The van der Waals surface area contributed by atoms with Crippen LogP contribution < -0.4 is 10.6 Å². The summed E-state index contributed by atoms with van der Waals surface area (Å²) in [5, 5.41) is 15.3. The summed E-state index contributed by atoms with van der Waals surface area (Å²) in [6.07, 6.45) is 1.94. The molecule has 0 heterocycles. The van der Waals surface area contributed by atoms with Gasteiger partial charge in [0.1, 0.15) is 0 Å². The molecule has 0 aliphatic rings. The second kappa shape index (κ2) is 6.27. The van der Waals surface area contributed by atoms with Crippen LogP contribution in [0.25, 0.3) is 0 Å². The van der Waals surface area contributed by atoms with E-state index in [9.17, 15) is 9.90 Å². The molecule has 0 rings (SSSR count). The van der Waals surface area contributed by atoms with Crippen molar-refractivity contribution in [2.45, 2.75) is 25.5 Å². The van der Waals surface area contributed by atoms with Crippen LogP contribution in [0.15, 0.2) is 0 Å². The maximum Gasteiger partial charge on any atom is 0.236 e. The largest absolute Gasteiger partial charge is 0.388 e. The van der Waals surface area contributed by atoms with Gasteiger partial charge in [-0.1, -0.05) is 0 Å². The monoisotopic (exact) mass is 220 g/mol. The van der Waals surface area contributed by atoms with Crippen LogP contribution in [0.3, 0.4) is 0 Å². The predicted octanol–water partition coefficient (Wildman–Crippen LogP) is -0.175. The van der Waals surface area contributed by atoms with Gasteiger partial charge in [-0.3, -0.25) is 4.79 Å². The molecule has 0 radical (unpaired) electrons. The second-order valence-corrected chi connectivity index (χ2v) is 4.51. The molecule has 2 atom stereocenters. The third-order valence-electron chi connectivity index (χ3n) is 1.88. The molecule has 5 heteroatoms. The van der Waals surface area contributed by atoms with Gasteiger partial charge in [-0.25, -0.2) is 0 Å². The highest BCUT2D eigenvalue weighted by Gasteiger charge is 2.21. The Kier molecular flexibility index (Phi) is 6.15. The molecule has 0 spiro atoms. The van der Waals surface area contributed by atoms with Crippen molar-refractivity contribution >= 4 is 17.7 Å². The molecule has 0 aliphatic heterocycles. The van der Waals surface area contributed by atoms with E-state index in [4.69, 9.17) is 0 Å². The molecule has 1 amide bonds. The van der Waals surface area contributed by atoms with Crippen molar-refractivity contribution in [3.05, 3.63) is 0 Å². The highest BCUT2D eigenvalue weighted by atomic mass is 32.2. The molecule has 0 aromatic rings. The summed E-state index contributed by atoms with van der Waals surface area (Å²) >= 11 is 1.58. The molecule has 4 nitrogen and oxygen atoms in total. The normalized spacial score (nSPS) is 17.2. The number of thioether (sulfide) groups is 1. The Hall–Kier alpha value is -0.260. The first-order valence-corrected chi connectivity index (χ1v) is 5.98. The van der Waals surface area contributed by atoms with E-state index in [0.29, 0.717) is 12.3 Å². The van der Waals surface area contributed by atoms with Gasteiger partial charge in [0.15, 0.2) is 0 Å². The molecule has 3 N–H and O–H groups in total. The van der Waals surface area contributed by atoms with E-state index in [1.807, 2.05) is 6.26 Å². The van der Waals surface area contributed by atoms with Crippen LogP contribution in [0.5, 0.6) is 0 Å². The average molecular weight is 220 g/mol. The lowest BCUT2D eigenvalue weighted by atomic mass is 10.1. The standard InChI is InChI=1S/C9H20N2O2S/c1-7(8(12)10-3)11-5-9(2,13)6-14-4/h7,11,13H,5-6H2,1-4H3,(H,10,12). The van der Waals surface area contributed by atoms with E-state index in [-0.39, 0.29) is 11.9 Å². The predicted molar refractivity (Wildman–Crippen MR) is 60.5 cm³/mol. The van der Waals surface area contributed by atoms with Gasteiger partial charge in [0.2, 0.25) is 5.91 Å². The van der Waals surface area contributed by atoms with Gasteiger partial charge in [0, 0.05) is 19.3 Å². The Labute approximate surface area is 89.8 Å². The van der Waals surface area contributed by atoms with Gasteiger partial charge in [-0.05, 0) is 20.1 Å². The second-order valence-electron chi connectivity index (χ2n) is 3.65. The Balaban J connectivity index is 3.86. The zero-order chi connectivity index (χ0) is 11.2. The fourth-order valence-corrected chi connectivity index (χ4v) is 1.77. The molecular formula is C9H20N2O2S. The fourth-order valence-electron chi connectivity index (χ4n) is 1.04. The molecule has 0 aliphatic carbocycles. The van der Waals surface area contributed by atoms with Crippen molar-refractivity contribution in [1.82, 2.24) is 10.6 Å². The molecule has 0 fully saturated rings. The van der Waals surface area contributed by atoms with Crippen LogP contribution in [0.1, 0.15) is 13.8 Å². The summed E-state index contributed by atoms with van der Waals surface area (Å²) in [4.78, 5) is 11.1. The first kappa shape index (κ1) is 13.7. The lowest BCUT2D eigenvalue weighted by Gasteiger charge is -2.24. The zero-order valence-electron chi connectivity index (χ0n) is 9.26. The molecule has 0 saturated heterocycles. The van der Waals surface area contributed by atoms with Crippen molar-refractivity contribution in [3.63, 3.8) is 0 Å². The number of carbonyl (C=O) groups excluding carboxylic acids is 1. The Morgan fingerprint density at radius 3 is 2.64 bits per heavy atom. The Morgan fingerprint density at radius 1 is 1.64 bits per heavy atom. The number of rotatable bonds is 6. The molecule has 0 aromatic carbocycles. The number of hydrogen-bond donors (Lipinski definition) is 3. The number of likely N-dealkylation sites (N-methyl/N-ethyl adjacent to an activating group) is 1. The van der Waals surface area contributed by atoms with Crippen molar-refractivity contribution in [3.8, 4) is 0 Å². The minimum atomic E-state index is -0.762. The Bertz CT molecular complexity index is 186. The highest BCUT2D eigenvalue weighted by molar-refractivity contribution is 7.98. The summed E-state index contributed by atoms with van der Waals surface area (Å²) in [5.74, 6) is 0.588. The highest BCUT2D eigenvalue weighted by Crippen LogP contribution is 2.09. The van der Waals surface area contributed by atoms with Crippen LogP contribution in [-0.4, -0.2) is 48.3 Å². The zero-order valence-corrected chi connectivity index (χ0v) is 10.1. The lowest BCUT2D eigenvalue weighted by Crippen LogP contribution is -2.48. The van der Waals surface area contributed by atoms with Crippen LogP contribution in [-0.2, 0) is 4.79 Å². The SMILES string of the molecule is CNC(=O)C(C)NCC(C)(O)CSC. The number of amides is 1. The van der Waals surface area contributed by atoms with E-state index in [1.165, 1.54) is 0 Å². The third-order valence-corrected chi connectivity index (χ3v) is 2.79. The van der Waals surface area contributed by atoms with Crippen LogP contribution >= 0.6 is 11.8 Å². The summed E-state index contributed by atoms with van der Waals surface area (Å²) < 4.78 is 0. The van der Waals surface area contributed by atoms with E-state index in [0.717, 1.165) is 0 Å². The smallest absolute Gasteiger partial charge is 0.236 e. The number of hydrogen-bond acceptors (Lipinski definition) is 4. The van der Waals surface area contributed by atoms with Crippen molar-refractivity contribution in [2.75, 3.05) is 25.6 Å². The van der Waals surface area contributed by atoms with Gasteiger partial charge in [-0.15, -0.1) is 0 Å². The summed E-state index contributed by atoms with van der Waals surface area (Å²) in [6, 6.07) is -0.270. The van der Waals surface area contributed by atoms with Crippen LogP contribution in [0.2, 0.25) is 0 Å². The minimum Gasteiger partial charge on any atom is -0.388 e. The summed E-state index contributed by atoms with van der Waals surface area (Å²) in [7, 11) is 1.60. The Morgan fingerprint density at radius 2 is 2.21 bits per heavy atom. The number of carbonyl (C=O) groups is 1. The van der Waals surface area contributed by atoms with E-state index >= 15 is 0 Å².